The third-order valence-electron chi connectivity index (χ3n) is 4.08. The maximum absolute atomic E-state index is 12.4. The topological polar surface area (TPSA) is 56.8 Å². The Hall–Kier alpha value is -2.40. The predicted molar refractivity (Wildman–Crippen MR) is 102 cm³/mol. The minimum Gasteiger partial charge on any atom is -0.493 e. The molecule has 0 fully saturated rings. The molecule has 0 aromatic heterocycles. The second-order valence-corrected chi connectivity index (χ2v) is 6.40. The number of rotatable bonds is 7. The van der Waals surface area contributed by atoms with E-state index in [-0.39, 0.29) is 12.5 Å². The Labute approximate surface area is 159 Å². The van der Waals surface area contributed by atoms with Crippen LogP contribution < -0.4 is 19.5 Å². The van der Waals surface area contributed by atoms with Crippen molar-refractivity contribution in [3.8, 4) is 17.2 Å². The number of amides is 1. The molecule has 1 atom stereocenters. The van der Waals surface area contributed by atoms with Gasteiger partial charge in [0, 0.05) is 17.6 Å². The second kappa shape index (κ2) is 8.81. The predicted octanol–water partition coefficient (Wildman–Crippen LogP) is 4.06. The fraction of sp³-hybridized carbons (Fsp3) is 0.350. The number of benzene rings is 2. The Kier molecular flexibility index (Phi) is 6.75. The van der Waals surface area contributed by atoms with Crippen molar-refractivity contribution in [2.75, 3.05) is 14.2 Å². The molecule has 26 heavy (non-hydrogen) atoms. The summed E-state index contributed by atoms with van der Waals surface area (Å²) in [7, 11) is 3.09. The SMILES string of the molecule is COc1cc(Cl)c(CNC(=O)C(C)Oc2c(C)cccc2C)cc1OC. The number of ether oxygens (including phenoxy) is 3. The summed E-state index contributed by atoms with van der Waals surface area (Å²) in [5, 5.41) is 3.33. The summed E-state index contributed by atoms with van der Waals surface area (Å²) in [6, 6.07) is 9.28. The lowest BCUT2D eigenvalue weighted by Crippen LogP contribution is -2.36. The summed E-state index contributed by atoms with van der Waals surface area (Å²) in [6.45, 7) is 5.89. The van der Waals surface area contributed by atoms with E-state index in [4.69, 9.17) is 25.8 Å². The molecule has 0 spiro atoms. The lowest BCUT2D eigenvalue weighted by molar-refractivity contribution is -0.127. The van der Waals surface area contributed by atoms with Gasteiger partial charge < -0.3 is 19.5 Å². The minimum atomic E-state index is -0.631. The van der Waals surface area contributed by atoms with Crippen LogP contribution in [0.25, 0.3) is 0 Å². The number of methoxy groups -OCH3 is 2. The average Bonchev–Trinajstić information content (AvgIpc) is 2.63. The molecule has 0 aliphatic heterocycles. The standard InChI is InChI=1S/C20H24ClNO4/c1-12-7-6-8-13(2)19(12)26-14(3)20(23)22-11-15-9-17(24-4)18(25-5)10-16(15)21/h6-10,14H,11H2,1-5H3,(H,22,23). The number of carbonyl (C=O) groups is 1. The molecular weight excluding hydrogens is 354 g/mol. The monoisotopic (exact) mass is 377 g/mol. The fourth-order valence-corrected chi connectivity index (χ4v) is 2.79. The molecule has 5 nitrogen and oxygen atoms in total. The van der Waals surface area contributed by atoms with E-state index in [0.717, 1.165) is 22.4 Å². The van der Waals surface area contributed by atoms with Crippen LogP contribution in [0.3, 0.4) is 0 Å². The average molecular weight is 378 g/mol. The van der Waals surface area contributed by atoms with Crippen molar-refractivity contribution in [2.45, 2.75) is 33.4 Å². The Morgan fingerprint density at radius 1 is 1.12 bits per heavy atom. The highest BCUT2D eigenvalue weighted by molar-refractivity contribution is 6.31. The van der Waals surface area contributed by atoms with Crippen molar-refractivity contribution in [3.63, 3.8) is 0 Å². The maximum atomic E-state index is 12.4. The van der Waals surface area contributed by atoms with E-state index in [1.54, 1.807) is 33.3 Å². The Morgan fingerprint density at radius 2 is 1.69 bits per heavy atom. The third-order valence-corrected chi connectivity index (χ3v) is 4.43. The third kappa shape index (κ3) is 4.61. The molecule has 0 aliphatic rings. The van der Waals surface area contributed by atoms with E-state index in [0.29, 0.717) is 16.5 Å². The quantitative estimate of drug-likeness (QED) is 0.790. The number of para-hydroxylation sites is 1. The Bertz CT molecular complexity index is 771. The molecule has 0 bridgehead atoms. The Balaban J connectivity index is 2.04. The van der Waals surface area contributed by atoms with Crippen LogP contribution in [0.4, 0.5) is 0 Å². The molecule has 0 heterocycles. The summed E-state index contributed by atoms with van der Waals surface area (Å²) in [4.78, 5) is 12.4. The van der Waals surface area contributed by atoms with Crippen molar-refractivity contribution < 1.29 is 19.0 Å². The first-order valence-electron chi connectivity index (χ1n) is 8.28. The van der Waals surface area contributed by atoms with Crippen molar-refractivity contribution in [1.82, 2.24) is 5.32 Å². The van der Waals surface area contributed by atoms with Crippen LogP contribution >= 0.6 is 11.6 Å². The number of hydrogen-bond donors (Lipinski definition) is 1. The van der Waals surface area contributed by atoms with Gasteiger partial charge in [0.15, 0.2) is 17.6 Å². The molecule has 0 saturated heterocycles. The minimum absolute atomic E-state index is 0.224. The Morgan fingerprint density at radius 3 is 2.27 bits per heavy atom. The van der Waals surface area contributed by atoms with E-state index in [2.05, 4.69) is 5.32 Å². The van der Waals surface area contributed by atoms with Gasteiger partial charge in [-0.2, -0.15) is 0 Å². The first-order valence-corrected chi connectivity index (χ1v) is 8.66. The summed E-state index contributed by atoms with van der Waals surface area (Å²) in [6.07, 6.45) is -0.631. The maximum Gasteiger partial charge on any atom is 0.261 e. The molecule has 140 valence electrons. The second-order valence-electron chi connectivity index (χ2n) is 6.00. The first kappa shape index (κ1) is 19.9. The van der Waals surface area contributed by atoms with E-state index < -0.39 is 6.10 Å². The van der Waals surface area contributed by atoms with Gasteiger partial charge in [0.1, 0.15) is 5.75 Å². The lowest BCUT2D eigenvalue weighted by atomic mass is 10.1. The van der Waals surface area contributed by atoms with Crippen molar-refractivity contribution in [2.24, 2.45) is 0 Å². The van der Waals surface area contributed by atoms with E-state index in [1.807, 2.05) is 32.0 Å². The highest BCUT2D eigenvalue weighted by Crippen LogP contribution is 2.33. The van der Waals surface area contributed by atoms with Gasteiger partial charge in [-0.3, -0.25) is 4.79 Å². The van der Waals surface area contributed by atoms with Crippen LogP contribution in [0, 0.1) is 13.8 Å². The number of halogens is 1. The molecule has 2 aromatic carbocycles. The van der Waals surface area contributed by atoms with Crippen molar-refractivity contribution >= 4 is 17.5 Å². The molecule has 1 N–H and O–H groups in total. The highest BCUT2D eigenvalue weighted by atomic mass is 35.5. The van der Waals surface area contributed by atoms with Crippen LogP contribution in [0.15, 0.2) is 30.3 Å². The summed E-state index contributed by atoms with van der Waals surface area (Å²) in [5.74, 6) is 1.61. The van der Waals surface area contributed by atoms with Crippen LogP contribution in [0.1, 0.15) is 23.6 Å². The van der Waals surface area contributed by atoms with Crippen LogP contribution in [-0.4, -0.2) is 26.2 Å². The molecule has 1 amide bonds. The number of nitrogens with one attached hydrogen (secondary N) is 1. The fourth-order valence-electron chi connectivity index (χ4n) is 2.57. The number of aryl methyl sites for hydroxylation is 2. The summed E-state index contributed by atoms with van der Waals surface area (Å²) < 4.78 is 16.3. The summed E-state index contributed by atoms with van der Waals surface area (Å²) >= 11 is 6.25. The highest BCUT2D eigenvalue weighted by Gasteiger charge is 2.18. The zero-order chi connectivity index (χ0) is 19.3. The van der Waals surface area contributed by atoms with Gasteiger partial charge in [-0.15, -0.1) is 0 Å². The van der Waals surface area contributed by atoms with Gasteiger partial charge in [0.25, 0.3) is 5.91 Å². The smallest absolute Gasteiger partial charge is 0.261 e. The van der Waals surface area contributed by atoms with E-state index >= 15 is 0 Å². The zero-order valence-corrected chi connectivity index (χ0v) is 16.4. The largest absolute Gasteiger partial charge is 0.493 e. The zero-order valence-electron chi connectivity index (χ0n) is 15.7. The van der Waals surface area contributed by atoms with E-state index in [1.165, 1.54) is 0 Å². The lowest BCUT2D eigenvalue weighted by Gasteiger charge is -2.18. The van der Waals surface area contributed by atoms with E-state index in [9.17, 15) is 4.79 Å². The van der Waals surface area contributed by atoms with Gasteiger partial charge in [-0.25, -0.2) is 0 Å². The van der Waals surface area contributed by atoms with Crippen molar-refractivity contribution in [3.05, 3.63) is 52.0 Å². The van der Waals surface area contributed by atoms with Crippen molar-refractivity contribution in [1.29, 1.82) is 0 Å². The van der Waals surface area contributed by atoms with Gasteiger partial charge >= 0.3 is 0 Å². The molecule has 1 unspecified atom stereocenters. The van der Waals surface area contributed by atoms with Gasteiger partial charge in [-0.1, -0.05) is 29.8 Å². The summed E-state index contributed by atoms with van der Waals surface area (Å²) in [5.41, 5.74) is 2.72. The molecular formula is C20H24ClNO4. The molecule has 0 radical (unpaired) electrons. The number of hydrogen-bond acceptors (Lipinski definition) is 4. The molecule has 0 aliphatic carbocycles. The van der Waals surface area contributed by atoms with Gasteiger partial charge in [-0.05, 0) is 43.5 Å². The molecule has 2 rings (SSSR count). The normalized spacial score (nSPS) is 11.6. The molecule has 0 saturated carbocycles. The van der Waals surface area contributed by atoms with Crippen LogP contribution in [-0.2, 0) is 11.3 Å². The van der Waals surface area contributed by atoms with Crippen LogP contribution in [0.2, 0.25) is 5.02 Å². The van der Waals surface area contributed by atoms with Crippen LogP contribution in [0.5, 0.6) is 17.2 Å². The molecule has 6 heteroatoms. The number of carbonyl (C=O) groups excluding carboxylic acids is 1. The molecule has 2 aromatic rings. The first-order chi connectivity index (χ1) is 12.4. The van der Waals surface area contributed by atoms with Gasteiger partial charge in [0.05, 0.1) is 14.2 Å². The van der Waals surface area contributed by atoms with Gasteiger partial charge in [0.2, 0.25) is 0 Å².